The molecule has 2 fully saturated rings. The number of nitrogens with zero attached hydrogens (tertiary/aromatic N) is 4. The number of ether oxygens (including phenoxy) is 1. The lowest BCUT2D eigenvalue weighted by molar-refractivity contribution is 0.122. The van der Waals surface area contributed by atoms with Crippen LogP contribution in [-0.2, 0) is 23.0 Å². The van der Waals surface area contributed by atoms with E-state index >= 15 is 0 Å². The molecule has 1 saturated carbocycles. The van der Waals surface area contributed by atoms with E-state index in [0.717, 1.165) is 87.8 Å². The average molecular weight is 375 g/mol. The van der Waals surface area contributed by atoms with Crippen LogP contribution >= 0.6 is 0 Å². The minimum absolute atomic E-state index is 0.266. The van der Waals surface area contributed by atoms with Crippen LogP contribution in [0.25, 0.3) is 0 Å². The second-order valence-corrected chi connectivity index (χ2v) is 8.00. The number of nitriles is 1. The van der Waals surface area contributed by atoms with Crippen LogP contribution in [0.5, 0.6) is 0 Å². The van der Waals surface area contributed by atoms with E-state index in [1.54, 1.807) is 0 Å². The zero-order valence-corrected chi connectivity index (χ0v) is 16.1. The molecule has 1 saturated heterocycles. The molecule has 0 spiro atoms. The van der Waals surface area contributed by atoms with E-state index < -0.39 is 0 Å². The summed E-state index contributed by atoms with van der Waals surface area (Å²) in [5, 5.41) is 13.1. The van der Waals surface area contributed by atoms with Gasteiger partial charge in [0, 0.05) is 24.3 Å². The summed E-state index contributed by atoms with van der Waals surface area (Å²) >= 11 is 0. The Bertz CT molecular complexity index is 908. The lowest BCUT2D eigenvalue weighted by Crippen LogP contribution is -2.37. The largest absolute Gasteiger partial charge is 0.378 e. The number of nitrogens with one attached hydrogen (secondary N) is 1. The first-order valence-electron chi connectivity index (χ1n) is 10.3. The molecule has 1 aliphatic heterocycles. The summed E-state index contributed by atoms with van der Waals surface area (Å²) in [6.07, 6.45) is 6.27. The summed E-state index contributed by atoms with van der Waals surface area (Å²) in [4.78, 5) is 11.9. The predicted molar refractivity (Wildman–Crippen MR) is 108 cm³/mol. The first kappa shape index (κ1) is 17.4. The summed E-state index contributed by atoms with van der Waals surface area (Å²) in [6.45, 7) is 3.13. The van der Waals surface area contributed by atoms with Crippen LogP contribution in [-0.4, -0.2) is 36.3 Å². The van der Waals surface area contributed by atoms with E-state index in [1.807, 2.05) is 0 Å². The van der Waals surface area contributed by atoms with Gasteiger partial charge in [0.05, 0.1) is 30.4 Å². The number of rotatable bonds is 4. The molecule has 0 amide bonds. The third kappa shape index (κ3) is 3.00. The number of hydrogen-bond acceptors (Lipinski definition) is 6. The van der Waals surface area contributed by atoms with Gasteiger partial charge in [0.25, 0.3) is 0 Å². The Hall–Kier alpha value is -2.65. The van der Waals surface area contributed by atoms with E-state index in [9.17, 15) is 5.26 Å². The molecule has 0 unspecified atom stereocenters. The van der Waals surface area contributed by atoms with Crippen LogP contribution in [0.3, 0.4) is 0 Å². The second kappa shape index (κ2) is 7.06. The summed E-state index contributed by atoms with van der Waals surface area (Å²) in [5.41, 5.74) is 4.30. The fraction of sp³-hybridized carbons (Fsp3) is 0.500. The first-order valence-corrected chi connectivity index (χ1v) is 10.3. The zero-order valence-electron chi connectivity index (χ0n) is 16.1. The zero-order chi connectivity index (χ0) is 19.0. The van der Waals surface area contributed by atoms with Crippen LogP contribution in [0.2, 0.25) is 0 Å². The number of aromatic nitrogens is 2. The molecule has 5 rings (SSSR count). The SMILES string of the molecule is N#CC1(c2ccc(Nc3nc(N4CCOCC4)nc4c3CCC4)cc2)CCC1. The van der Waals surface area contributed by atoms with E-state index in [0.29, 0.717) is 0 Å². The van der Waals surface area contributed by atoms with Gasteiger partial charge in [0.15, 0.2) is 0 Å². The van der Waals surface area contributed by atoms with Gasteiger partial charge in [-0.2, -0.15) is 10.2 Å². The van der Waals surface area contributed by atoms with Crippen molar-refractivity contribution in [3.8, 4) is 6.07 Å². The van der Waals surface area contributed by atoms with Crippen LogP contribution in [0.4, 0.5) is 17.5 Å². The normalized spacial score (nSPS) is 20.2. The molecule has 0 bridgehead atoms. The van der Waals surface area contributed by atoms with Gasteiger partial charge < -0.3 is 15.0 Å². The number of aryl methyl sites for hydroxylation is 1. The molecular formula is C22H25N5O. The summed E-state index contributed by atoms with van der Waals surface area (Å²) in [5.74, 6) is 1.73. The molecule has 2 aromatic rings. The maximum absolute atomic E-state index is 9.56. The van der Waals surface area contributed by atoms with Crippen molar-refractivity contribution in [2.24, 2.45) is 0 Å². The number of hydrogen-bond donors (Lipinski definition) is 1. The minimum atomic E-state index is -0.266. The van der Waals surface area contributed by atoms with Crippen molar-refractivity contribution in [3.05, 3.63) is 41.1 Å². The van der Waals surface area contributed by atoms with Crippen LogP contribution < -0.4 is 10.2 Å². The summed E-state index contributed by atoms with van der Waals surface area (Å²) < 4.78 is 5.47. The van der Waals surface area contributed by atoms with Crippen molar-refractivity contribution < 1.29 is 4.74 Å². The molecule has 2 heterocycles. The molecule has 1 aromatic heterocycles. The number of morpholine rings is 1. The first-order chi connectivity index (χ1) is 13.8. The Morgan fingerprint density at radius 2 is 1.82 bits per heavy atom. The van der Waals surface area contributed by atoms with Crippen molar-refractivity contribution in [2.45, 2.75) is 43.9 Å². The number of anilines is 3. The summed E-state index contributed by atoms with van der Waals surface area (Å²) in [7, 11) is 0. The average Bonchev–Trinajstić information content (AvgIpc) is 3.18. The fourth-order valence-corrected chi connectivity index (χ4v) is 4.43. The topological polar surface area (TPSA) is 74.1 Å². The van der Waals surface area contributed by atoms with Crippen LogP contribution in [0.15, 0.2) is 24.3 Å². The smallest absolute Gasteiger partial charge is 0.227 e. The van der Waals surface area contributed by atoms with Gasteiger partial charge in [-0.15, -0.1) is 0 Å². The lowest BCUT2D eigenvalue weighted by atomic mass is 9.65. The van der Waals surface area contributed by atoms with E-state index in [4.69, 9.17) is 14.7 Å². The Balaban J connectivity index is 1.41. The van der Waals surface area contributed by atoms with Crippen LogP contribution in [0, 0.1) is 11.3 Å². The van der Waals surface area contributed by atoms with Gasteiger partial charge in [0.2, 0.25) is 5.95 Å². The molecule has 0 atom stereocenters. The molecule has 1 N–H and O–H groups in total. The van der Waals surface area contributed by atoms with Crippen molar-refractivity contribution in [3.63, 3.8) is 0 Å². The van der Waals surface area contributed by atoms with Crippen LogP contribution in [0.1, 0.15) is 42.5 Å². The number of benzene rings is 1. The Kier molecular flexibility index (Phi) is 4.40. The molecule has 0 radical (unpaired) electrons. The van der Waals surface area contributed by atoms with Crippen molar-refractivity contribution in [1.29, 1.82) is 5.26 Å². The van der Waals surface area contributed by atoms with Gasteiger partial charge in [-0.05, 0) is 56.2 Å². The molecule has 28 heavy (non-hydrogen) atoms. The van der Waals surface area contributed by atoms with Gasteiger partial charge in [-0.1, -0.05) is 12.1 Å². The van der Waals surface area contributed by atoms with Crippen molar-refractivity contribution >= 4 is 17.5 Å². The minimum Gasteiger partial charge on any atom is -0.378 e. The highest BCUT2D eigenvalue weighted by Gasteiger charge is 2.38. The molecular weight excluding hydrogens is 350 g/mol. The Morgan fingerprint density at radius 1 is 1.04 bits per heavy atom. The quantitative estimate of drug-likeness (QED) is 0.882. The monoisotopic (exact) mass is 375 g/mol. The molecule has 6 nitrogen and oxygen atoms in total. The fourth-order valence-electron chi connectivity index (χ4n) is 4.43. The molecule has 1 aromatic carbocycles. The van der Waals surface area contributed by atoms with Gasteiger partial charge in [-0.3, -0.25) is 0 Å². The van der Waals surface area contributed by atoms with Crippen molar-refractivity contribution in [2.75, 3.05) is 36.5 Å². The van der Waals surface area contributed by atoms with Gasteiger partial charge in [-0.25, -0.2) is 4.98 Å². The van der Waals surface area contributed by atoms with Gasteiger partial charge >= 0.3 is 0 Å². The lowest BCUT2D eigenvalue weighted by Gasteiger charge is -2.35. The maximum atomic E-state index is 9.56. The maximum Gasteiger partial charge on any atom is 0.227 e. The molecule has 3 aliphatic rings. The van der Waals surface area contributed by atoms with E-state index in [1.165, 1.54) is 11.3 Å². The number of fused-ring (bicyclic) bond motifs is 1. The van der Waals surface area contributed by atoms with Gasteiger partial charge in [0.1, 0.15) is 5.82 Å². The summed E-state index contributed by atoms with van der Waals surface area (Å²) in [6, 6.07) is 10.9. The Labute approximate surface area is 165 Å². The Morgan fingerprint density at radius 3 is 2.50 bits per heavy atom. The van der Waals surface area contributed by atoms with E-state index in [-0.39, 0.29) is 5.41 Å². The predicted octanol–water partition coefficient (Wildman–Crippen LogP) is 3.49. The molecule has 144 valence electrons. The van der Waals surface area contributed by atoms with Crippen molar-refractivity contribution in [1.82, 2.24) is 9.97 Å². The highest BCUT2D eigenvalue weighted by Crippen LogP contribution is 2.43. The molecule has 6 heteroatoms. The third-order valence-corrected chi connectivity index (χ3v) is 6.34. The standard InChI is InChI=1S/C22H25N5O/c23-15-22(9-2-10-22)16-5-7-17(8-6-16)24-20-18-3-1-4-19(18)25-21(26-20)27-11-13-28-14-12-27/h5-8H,1-4,9-14H2,(H,24,25,26). The third-order valence-electron chi connectivity index (χ3n) is 6.34. The highest BCUT2D eigenvalue weighted by atomic mass is 16.5. The molecule has 2 aliphatic carbocycles. The second-order valence-electron chi connectivity index (χ2n) is 8.00. The highest BCUT2D eigenvalue weighted by molar-refractivity contribution is 5.63. The van der Waals surface area contributed by atoms with E-state index in [2.05, 4.69) is 40.6 Å².